The van der Waals surface area contributed by atoms with Crippen LogP contribution in [0.1, 0.15) is 32.3 Å². The Morgan fingerprint density at radius 1 is 1.38 bits per heavy atom. The standard InChI is InChI=1S/C15H23N3O3/c1-4-6-9-17(5-2)11-15(19)16-14-8-7-13(18(20)21)10-12(14)3/h7-8,10H,4-6,9,11H2,1-3H3,(H,16,19). The smallest absolute Gasteiger partial charge is 0.269 e. The molecule has 0 aliphatic carbocycles. The van der Waals surface area contributed by atoms with Gasteiger partial charge in [0.05, 0.1) is 11.5 Å². The highest BCUT2D eigenvalue weighted by molar-refractivity contribution is 5.93. The Balaban J connectivity index is 2.64. The lowest BCUT2D eigenvalue weighted by Crippen LogP contribution is -2.34. The molecule has 0 aromatic heterocycles. The van der Waals surface area contributed by atoms with E-state index >= 15 is 0 Å². The van der Waals surface area contributed by atoms with Gasteiger partial charge < -0.3 is 5.32 Å². The number of hydrogen-bond donors (Lipinski definition) is 1. The molecule has 0 saturated carbocycles. The van der Waals surface area contributed by atoms with Gasteiger partial charge in [-0.15, -0.1) is 0 Å². The van der Waals surface area contributed by atoms with E-state index in [1.54, 1.807) is 13.0 Å². The number of nitro benzene ring substituents is 1. The van der Waals surface area contributed by atoms with Crippen LogP contribution in [0.2, 0.25) is 0 Å². The molecule has 1 aromatic rings. The average Bonchev–Trinajstić information content (AvgIpc) is 2.45. The minimum Gasteiger partial charge on any atom is -0.325 e. The summed E-state index contributed by atoms with van der Waals surface area (Å²) < 4.78 is 0. The maximum absolute atomic E-state index is 12.0. The number of nitro groups is 1. The molecule has 116 valence electrons. The van der Waals surface area contributed by atoms with Crippen molar-refractivity contribution in [3.8, 4) is 0 Å². The second kappa shape index (κ2) is 8.36. The monoisotopic (exact) mass is 293 g/mol. The maximum atomic E-state index is 12.0. The van der Waals surface area contributed by atoms with Crippen LogP contribution in [-0.2, 0) is 4.79 Å². The molecule has 0 aliphatic heterocycles. The second-order valence-corrected chi connectivity index (χ2v) is 5.03. The summed E-state index contributed by atoms with van der Waals surface area (Å²) in [5.41, 5.74) is 1.34. The number of aryl methyl sites for hydroxylation is 1. The number of carbonyl (C=O) groups is 1. The Morgan fingerprint density at radius 3 is 2.62 bits per heavy atom. The number of amides is 1. The molecule has 0 bridgehead atoms. The SMILES string of the molecule is CCCCN(CC)CC(=O)Nc1ccc([N+](=O)[O-])cc1C. The normalized spacial score (nSPS) is 10.7. The quantitative estimate of drug-likeness (QED) is 0.590. The van der Waals surface area contributed by atoms with Crippen molar-refractivity contribution in [2.24, 2.45) is 0 Å². The van der Waals surface area contributed by atoms with Crippen LogP contribution in [0, 0.1) is 17.0 Å². The number of rotatable bonds is 8. The predicted octanol–water partition coefficient (Wildman–Crippen LogP) is 2.96. The fourth-order valence-corrected chi connectivity index (χ4v) is 2.03. The van der Waals surface area contributed by atoms with Gasteiger partial charge in [-0.2, -0.15) is 0 Å². The highest BCUT2D eigenvalue weighted by Gasteiger charge is 2.12. The Morgan fingerprint density at radius 2 is 2.10 bits per heavy atom. The molecule has 0 fully saturated rings. The molecule has 1 aromatic carbocycles. The van der Waals surface area contributed by atoms with Crippen LogP contribution in [0.3, 0.4) is 0 Å². The second-order valence-electron chi connectivity index (χ2n) is 5.03. The lowest BCUT2D eigenvalue weighted by atomic mass is 10.2. The minimum atomic E-state index is -0.442. The molecule has 0 aliphatic rings. The summed E-state index contributed by atoms with van der Waals surface area (Å²) in [4.78, 5) is 24.4. The van der Waals surface area contributed by atoms with E-state index in [0.717, 1.165) is 25.9 Å². The lowest BCUT2D eigenvalue weighted by molar-refractivity contribution is -0.384. The Kier molecular flexibility index (Phi) is 6.81. The Hall–Kier alpha value is -1.95. The van der Waals surface area contributed by atoms with Crippen molar-refractivity contribution < 1.29 is 9.72 Å². The summed E-state index contributed by atoms with van der Waals surface area (Å²) >= 11 is 0. The van der Waals surface area contributed by atoms with Gasteiger partial charge in [0.15, 0.2) is 0 Å². The maximum Gasteiger partial charge on any atom is 0.269 e. The van der Waals surface area contributed by atoms with Crippen molar-refractivity contribution in [2.75, 3.05) is 25.0 Å². The number of benzene rings is 1. The number of anilines is 1. The van der Waals surface area contributed by atoms with Crippen molar-refractivity contribution in [3.63, 3.8) is 0 Å². The van der Waals surface area contributed by atoms with E-state index in [0.29, 0.717) is 17.8 Å². The Labute approximate surface area is 125 Å². The van der Waals surface area contributed by atoms with Gasteiger partial charge in [-0.25, -0.2) is 0 Å². The van der Waals surface area contributed by atoms with Gasteiger partial charge in [0.2, 0.25) is 5.91 Å². The first-order valence-electron chi connectivity index (χ1n) is 7.25. The summed E-state index contributed by atoms with van der Waals surface area (Å²) in [6.45, 7) is 7.96. The number of nitrogens with zero attached hydrogens (tertiary/aromatic N) is 2. The summed E-state index contributed by atoms with van der Waals surface area (Å²) in [6, 6.07) is 4.44. The molecular weight excluding hydrogens is 270 g/mol. The van der Waals surface area contributed by atoms with E-state index in [-0.39, 0.29) is 11.6 Å². The summed E-state index contributed by atoms with van der Waals surface area (Å²) in [6.07, 6.45) is 2.16. The number of unbranched alkanes of at least 4 members (excludes halogenated alkanes) is 1. The summed E-state index contributed by atoms with van der Waals surface area (Å²) in [5, 5.41) is 13.5. The number of likely N-dealkylation sites (N-methyl/N-ethyl adjacent to an activating group) is 1. The predicted molar refractivity (Wildman–Crippen MR) is 83.5 cm³/mol. The lowest BCUT2D eigenvalue weighted by Gasteiger charge is -2.19. The van der Waals surface area contributed by atoms with Gasteiger partial charge in [0.1, 0.15) is 0 Å². The number of hydrogen-bond acceptors (Lipinski definition) is 4. The van der Waals surface area contributed by atoms with E-state index in [2.05, 4.69) is 17.1 Å². The Bertz CT molecular complexity index is 503. The highest BCUT2D eigenvalue weighted by atomic mass is 16.6. The first-order valence-corrected chi connectivity index (χ1v) is 7.25. The molecule has 0 unspecified atom stereocenters. The molecule has 0 radical (unpaired) electrons. The number of nitrogens with one attached hydrogen (secondary N) is 1. The van der Waals surface area contributed by atoms with Gasteiger partial charge >= 0.3 is 0 Å². The molecule has 0 spiro atoms. The van der Waals surface area contributed by atoms with E-state index in [1.807, 2.05) is 6.92 Å². The van der Waals surface area contributed by atoms with Crippen molar-refractivity contribution in [1.29, 1.82) is 0 Å². The van der Waals surface area contributed by atoms with Gasteiger partial charge in [-0.05, 0) is 38.1 Å². The van der Waals surface area contributed by atoms with E-state index in [4.69, 9.17) is 0 Å². The zero-order valence-electron chi connectivity index (χ0n) is 12.9. The third-order valence-corrected chi connectivity index (χ3v) is 3.34. The largest absolute Gasteiger partial charge is 0.325 e. The van der Waals surface area contributed by atoms with Crippen LogP contribution in [0.4, 0.5) is 11.4 Å². The van der Waals surface area contributed by atoms with E-state index in [1.165, 1.54) is 12.1 Å². The van der Waals surface area contributed by atoms with Gasteiger partial charge in [-0.3, -0.25) is 19.8 Å². The highest BCUT2D eigenvalue weighted by Crippen LogP contribution is 2.21. The number of carbonyl (C=O) groups excluding carboxylic acids is 1. The molecule has 0 saturated heterocycles. The van der Waals surface area contributed by atoms with Crippen LogP contribution < -0.4 is 5.32 Å². The van der Waals surface area contributed by atoms with E-state index < -0.39 is 4.92 Å². The minimum absolute atomic E-state index is 0.0311. The molecule has 0 heterocycles. The van der Waals surface area contributed by atoms with Crippen LogP contribution in [-0.4, -0.2) is 35.4 Å². The number of non-ortho nitro benzene ring substituents is 1. The molecule has 0 atom stereocenters. The van der Waals surface area contributed by atoms with Crippen LogP contribution >= 0.6 is 0 Å². The molecule has 6 heteroatoms. The van der Waals surface area contributed by atoms with Gasteiger partial charge in [0, 0.05) is 17.8 Å². The summed E-state index contributed by atoms with van der Waals surface area (Å²) in [7, 11) is 0. The first kappa shape index (κ1) is 17.1. The fourth-order valence-electron chi connectivity index (χ4n) is 2.03. The van der Waals surface area contributed by atoms with Crippen molar-refractivity contribution in [1.82, 2.24) is 4.90 Å². The van der Waals surface area contributed by atoms with Crippen molar-refractivity contribution >= 4 is 17.3 Å². The third-order valence-electron chi connectivity index (χ3n) is 3.34. The van der Waals surface area contributed by atoms with Gasteiger partial charge in [-0.1, -0.05) is 20.3 Å². The molecule has 6 nitrogen and oxygen atoms in total. The zero-order valence-corrected chi connectivity index (χ0v) is 12.9. The van der Waals surface area contributed by atoms with Crippen LogP contribution in [0.25, 0.3) is 0 Å². The fraction of sp³-hybridized carbons (Fsp3) is 0.533. The molecule has 1 rings (SSSR count). The topological polar surface area (TPSA) is 75.5 Å². The third kappa shape index (κ3) is 5.51. The van der Waals surface area contributed by atoms with Crippen LogP contribution in [0.5, 0.6) is 0 Å². The van der Waals surface area contributed by atoms with E-state index in [9.17, 15) is 14.9 Å². The molecule has 1 N–H and O–H groups in total. The zero-order chi connectivity index (χ0) is 15.8. The molecular formula is C15H23N3O3. The van der Waals surface area contributed by atoms with Crippen molar-refractivity contribution in [2.45, 2.75) is 33.6 Å². The molecule has 1 amide bonds. The molecule has 21 heavy (non-hydrogen) atoms. The van der Waals surface area contributed by atoms with Gasteiger partial charge in [0.25, 0.3) is 5.69 Å². The first-order chi connectivity index (χ1) is 9.97. The van der Waals surface area contributed by atoms with Crippen LogP contribution in [0.15, 0.2) is 18.2 Å². The summed E-state index contributed by atoms with van der Waals surface area (Å²) in [5.74, 6) is -0.0927. The van der Waals surface area contributed by atoms with Crippen molar-refractivity contribution in [3.05, 3.63) is 33.9 Å². The average molecular weight is 293 g/mol.